The Morgan fingerprint density at radius 1 is 1.08 bits per heavy atom. The average molecular weight is 356 g/mol. The molecule has 2 aromatic carbocycles. The van der Waals surface area contributed by atoms with Crippen LogP contribution in [0.4, 0.5) is 0 Å². The number of nitrogens with zero attached hydrogens (tertiary/aromatic N) is 4. The van der Waals surface area contributed by atoms with Crippen molar-refractivity contribution in [1.29, 1.82) is 0 Å². The molecule has 1 atom stereocenters. The minimum atomic E-state index is -0.619. The average Bonchev–Trinajstić information content (AvgIpc) is 3.08. The first-order chi connectivity index (χ1) is 12.1. The van der Waals surface area contributed by atoms with Crippen LogP contribution in [0.5, 0.6) is 5.75 Å². The number of aliphatic hydroxyl groups excluding tert-OH is 1. The highest BCUT2D eigenvalue weighted by Crippen LogP contribution is 2.22. The van der Waals surface area contributed by atoms with E-state index in [0.717, 1.165) is 22.6 Å². The molecule has 1 N–H and O–H groups in total. The van der Waals surface area contributed by atoms with Gasteiger partial charge in [-0.3, -0.25) is 0 Å². The Kier molecular flexibility index (Phi) is 5.67. The number of hydrogen-bond acceptors (Lipinski definition) is 6. The zero-order valence-corrected chi connectivity index (χ0v) is 15.0. The molecule has 130 valence electrons. The maximum atomic E-state index is 10.2. The summed E-state index contributed by atoms with van der Waals surface area (Å²) in [4.78, 5) is 0. The van der Waals surface area contributed by atoms with Crippen LogP contribution in [0.2, 0.25) is 0 Å². The molecule has 0 radical (unpaired) electrons. The third kappa shape index (κ3) is 4.37. The Bertz CT molecular complexity index is 837. The summed E-state index contributed by atoms with van der Waals surface area (Å²) in [5.74, 6) is 1.23. The zero-order valence-electron chi connectivity index (χ0n) is 14.2. The summed E-state index contributed by atoms with van der Waals surface area (Å²) in [5, 5.41) is 22.7. The first-order valence-corrected chi connectivity index (χ1v) is 8.97. The molecule has 0 bridgehead atoms. The van der Waals surface area contributed by atoms with Gasteiger partial charge in [-0.1, -0.05) is 48.2 Å². The van der Waals surface area contributed by atoms with Gasteiger partial charge in [0, 0.05) is 5.75 Å². The second kappa shape index (κ2) is 8.13. The molecular formula is C18H20N4O2S. The molecule has 1 aromatic heterocycles. The summed E-state index contributed by atoms with van der Waals surface area (Å²) in [6.07, 6.45) is -0.619. The third-order valence-electron chi connectivity index (χ3n) is 3.71. The lowest BCUT2D eigenvalue weighted by molar-refractivity contribution is 0.126. The lowest BCUT2D eigenvalue weighted by atomic mass is 10.2. The summed E-state index contributed by atoms with van der Waals surface area (Å²) < 4.78 is 7.37. The SMILES string of the molecule is Cc1ccccc1OC[C@@H](O)CSc1nnnn1-c1ccccc1C. The second-order valence-electron chi connectivity index (χ2n) is 5.70. The summed E-state index contributed by atoms with van der Waals surface area (Å²) in [6, 6.07) is 15.6. The quantitative estimate of drug-likeness (QED) is 0.656. The Morgan fingerprint density at radius 2 is 1.80 bits per heavy atom. The predicted molar refractivity (Wildman–Crippen MR) is 97.3 cm³/mol. The molecule has 0 aliphatic heterocycles. The number of aliphatic hydroxyl groups is 1. The van der Waals surface area contributed by atoms with E-state index in [2.05, 4.69) is 15.5 Å². The van der Waals surface area contributed by atoms with Gasteiger partial charge < -0.3 is 9.84 Å². The monoisotopic (exact) mass is 356 g/mol. The van der Waals surface area contributed by atoms with Crippen molar-refractivity contribution in [2.24, 2.45) is 0 Å². The number of ether oxygens (including phenoxy) is 1. The fourth-order valence-electron chi connectivity index (χ4n) is 2.34. The number of hydrogen-bond donors (Lipinski definition) is 1. The van der Waals surface area contributed by atoms with Gasteiger partial charge in [0.05, 0.1) is 11.8 Å². The zero-order chi connectivity index (χ0) is 17.6. The van der Waals surface area contributed by atoms with Gasteiger partial charge in [0.1, 0.15) is 12.4 Å². The molecule has 0 fully saturated rings. The van der Waals surface area contributed by atoms with Crippen molar-refractivity contribution < 1.29 is 9.84 Å². The number of benzene rings is 2. The van der Waals surface area contributed by atoms with E-state index < -0.39 is 6.10 Å². The van der Waals surface area contributed by atoms with Crippen molar-refractivity contribution in [3.63, 3.8) is 0 Å². The van der Waals surface area contributed by atoms with Crippen molar-refractivity contribution in [3.8, 4) is 11.4 Å². The summed E-state index contributed by atoms with van der Waals surface area (Å²) in [6.45, 7) is 4.22. The molecule has 1 heterocycles. The Balaban J connectivity index is 1.58. The predicted octanol–water partition coefficient (Wildman–Crippen LogP) is 2.81. The normalized spacial score (nSPS) is 12.1. The molecule has 0 saturated heterocycles. The van der Waals surface area contributed by atoms with E-state index in [4.69, 9.17) is 4.74 Å². The van der Waals surface area contributed by atoms with Gasteiger partial charge in [0.15, 0.2) is 0 Å². The van der Waals surface area contributed by atoms with Crippen LogP contribution in [0.25, 0.3) is 5.69 Å². The summed E-state index contributed by atoms with van der Waals surface area (Å²) in [7, 11) is 0. The van der Waals surface area contributed by atoms with E-state index in [9.17, 15) is 5.11 Å². The minimum Gasteiger partial charge on any atom is -0.491 e. The molecule has 3 rings (SSSR count). The lowest BCUT2D eigenvalue weighted by Gasteiger charge is -2.13. The first kappa shape index (κ1) is 17.4. The van der Waals surface area contributed by atoms with Crippen molar-refractivity contribution in [1.82, 2.24) is 20.2 Å². The number of para-hydroxylation sites is 2. The molecule has 0 saturated carbocycles. The van der Waals surface area contributed by atoms with Crippen LogP contribution < -0.4 is 4.74 Å². The highest BCUT2D eigenvalue weighted by Gasteiger charge is 2.14. The summed E-state index contributed by atoms with van der Waals surface area (Å²) in [5.41, 5.74) is 3.06. The number of aromatic nitrogens is 4. The van der Waals surface area contributed by atoms with Gasteiger partial charge in [-0.2, -0.15) is 4.68 Å². The van der Waals surface area contributed by atoms with Gasteiger partial charge in [-0.15, -0.1) is 5.10 Å². The van der Waals surface area contributed by atoms with Crippen molar-refractivity contribution in [2.45, 2.75) is 25.1 Å². The van der Waals surface area contributed by atoms with Crippen LogP contribution in [-0.4, -0.2) is 43.8 Å². The summed E-state index contributed by atoms with van der Waals surface area (Å²) >= 11 is 1.40. The van der Waals surface area contributed by atoms with Crippen LogP contribution in [0.3, 0.4) is 0 Å². The largest absolute Gasteiger partial charge is 0.491 e. The number of tetrazole rings is 1. The van der Waals surface area contributed by atoms with E-state index in [1.54, 1.807) is 4.68 Å². The molecule has 0 unspecified atom stereocenters. The van der Waals surface area contributed by atoms with Crippen LogP contribution >= 0.6 is 11.8 Å². The molecule has 3 aromatic rings. The van der Waals surface area contributed by atoms with Crippen LogP contribution in [0.15, 0.2) is 53.7 Å². The maximum Gasteiger partial charge on any atom is 0.214 e. The van der Waals surface area contributed by atoms with Gasteiger partial charge >= 0.3 is 0 Å². The van der Waals surface area contributed by atoms with Crippen LogP contribution in [-0.2, 0) is 0 Å². The topological polar surface area (TPSA) is 73.1 Å². The van der Waals surface area contributed by atoms with E-state index in [-0.39, 0.29) is 6.61 Å². The molecule has 0 aliphatic rings. The number of aryl methyl sites for hydroxylation is 2. The first-order valence-electron chi connectivity index (χ1n) is 7.99. The fraction of sp³-hybridized carbons (Fsp3) is 0.278. The maximum absolute atomic E-state index is 10.2. The van der Waals surface area contributed by atoms with Crippen LogP contribution in [0, 0.1) is 13.8 Å². The van der Waals surface area contributed by atoms with E-state index >= 15 is 0 Å². The molecular weight excluding hydrogens is 336 g/mol. The molecule has 0 aliphatic carbocycles. The molecule has 0 amide bonds. The fourth-order valence-corrected chi connectivity index (χ4v) is 3.13. The van der Waals surface area contributed by atoms with E-state index in [0.29, 0.717) is 10.9 Å². The Morgan fingerprint density at radius 3 is 2.56 bits per heavy atom. The van der Waals surface area contributed by atoms with Crippen molar-refractivity contribution in [2.75, 3.05) is 12.4 Å². The van der Waals surface area contributed by atoms with Gasteiger partial charge in [0.2, 0.25) is 5.16 Å². The number of thioether (sulfide) groups is 1. The molecule has 6 nitrogen and oxygen atoms in total. The number of rotatable bonds is 7. The lowest BCUT2D eigenvalue weighted by Crippen LogP contribution is -2.20. The van der Waals surface area contributed by atoms with Gasteiger partial charge in [-0.25, -0.2) is 0 Å². The Hall–Kier alpha value is -2.38. The van der Waals surface area contributed by atoms with Crippen molar-refractivity contribution >= 4 is 11.8 Å². The standard InChI is InChI=1S/C18H20N4O2S/c1-13-7-3-5-9-16(13)22-18(19-20-21-22)25-12-15(23)11-24-17-10-6-4-8-14(17)2/h3-10,15,23H,11-12H2,1-2H3/t15-/m1/s1. The smallest absolute Gasteiger partial charge is 0.214 e. The van der Waals surface area contributed by atoms with E-state index in [1.807, 2.05) is 62.4 Å². The molecule has 7 heteroatoms. The molecule has 25 heavy (non-hydrogen) atoms. The highest BCUT2D eigenvalue weighted by molar-refractivity contribution is 7.99. The molecule has 0 spiro atoms. The Labute approximate surface area is 150 Å². The van der Waals surface area contributed by atoms with Crippen LogP contribution in [0.1, 0.15) is 11.1 Å². The highest BCUT2D eigenvalue weighted by atomic mass is 32.2. The van der Waals surface area contributed by atoms with Crippen molar-refractivity contribution in [3.05, 3.63) is 59.7 Å². The second-order valence-corrected chi connectivity index (χ2v) is 6.69. The van der Waals surface area contributed by atoms with Gasteiger partial charge in [0.25, 0.3) is 0 Å². The van der Waals surface area contributed by atoms with Gasteiger partial charge in [-0.05, 0) is 47.5 Å². The minimum absolute atomic E-state index is 0.226. The third-order valence-corrected chi connectivity index (χ3v) is 4.78. The van der Waals surface area contributed by atoms with E-state index in [1.165, 1.54) is 11.8 Å².